The fraction of sp³-hybridized carbons (Fsp3) is 0.526. The summed E-state index contributed by atoms with van der Waals surface area (Å²) in [5.74, 6) is 0.00883. The number of nitrogens with one attached hydrogen (secondary N) is 2. The number of carbonyl (C=O) groups is 3. The van der Waals surface area contributed by atoms with Gasteiger partial charge in [0.15, 0.2) is 0 Å². The van der Waals surface area contributed by atoms with Gasteiger partial charge in [-0.25, -0.2) is 4.79 Å². The molecule has 0 unspecified atom stereocenters. The first-order valence-electron chi connectivity index (χ1n) is 9.41. The minimum Gasteiger partial charge on any atom is -0.350 e. The maximum atomic E-state index is 12.4. The lowest BCUT2D eigenvalue weighted by molar-refractivity contribution is -0.131. The molecule has 2 fully saturated rings. The van der Waals surface area contributed by atoms with E-state index in [1.165, 1.54) is 11.3 Å². The van der Waals surface area contributed by atoms with Gasteiger partial charge in [0, 0.05) is 44.0 Å². The molecule has 3 rings (SSSR count). The van der Waals surface area contributed by atoms with E-state index in [1.807, 2.05) is 36.1 Å². The number of rotatable bonds is 7. The van der Waals surface area contributed by atoms with E-state index < -0.39 is 0 Å². The van der Waals surface area contributed by atoms with Crippen molar-refractivity contribution in [1.82, 2.24) is 20.4 Å². The van der Waals surface area contributed by atoms with Gasteiger partial charge >= 0.3 is 6.03 Å². The lowest BCUT2D eigenvalue weighted by Gasteiger charge is -2.23. The zero-order valence-corrected chi connectivity index (χ0v) is 16.4. The standard InChI is InChI=1S/C19H26N4O3S/c1-2-3-6-17(24)23-11-4-5-14(23)15-7-8-16(27-15)18(25)20-9-12-22-13-10-21-19(22)26/h2-3,7-8,14H,4-6,9-13H2,1H3,(H,20,25)(H,21,26)/b3-2+/t14-/m0/s1. The largest absolute Gasteiger partial charge is 0.350 e. The molecule has 2 saturated heterocycles. The molecule has 4 amide bonds. The van der Waals surface area contributed by atoms with E-state index in [9.17, 15) is 14.4 Å². The van der Waals surface area contributed by atoms with E-state index in [-0.39, 0.29) is 23.9 Å². The van der Waals surface area contributed by atoms with E-state index in [4.69, 9.17) is 0 Å². The third kappa shape index (κ3) is 4.68. The Morgan fingerprint density at radius 3 is 2.96 bits per heavy atom. The zero-order valence-electron chi connectivity index (χ0n) is 15.6. The number of likely N-dealkylation sites (tertiary alicyclic amines) is 1. The van der Waals surface area contributed by atoms with Crippen LogP contribution in [0, 0.1) is 0 Å². The molecule has 0 spiro atoms. The van der Waals surface area contributed by atoms with Crippen LogP contribution in [0.4, 0.5) is 4.79 Å². The van der Waals surface area contributed by atoms with Crippen LogP contribution < -0.4 is 10.6 Å². The fourth-order valence-corrected chi connectivity index (χ4v) is 4.54. The van der Waals surface area contributed by atoms with Crippen LogP contribution in [-0.4, -0.2) is 60.4 Å². The molecule has 146 valence electrons. The normalized spacial score (nSPS) is 19.7. The summed E-state index contributed by atoms with van der Waals surface area (Å²) >= 11 is 1.45. The van der Waals surface area contributed by atoms with E-state index in [1.54, 1.807) is 4.90 Å². The number of carbonyl (C=O) groups excluding carboxylic acids is 3. The summed E-state index contributed by atoms with van der Waals surface area (Å²) in [6, 6.07) is 3.78. The van der Waals surface area contributed by atoms with Crippen molar-refractivity contribution in [3.63, 3.8) is 0 Å². The maximum absolute atomic E-state index is 12.4. The van der Waals surface area contributed by atoms with Crippen LogP contribution in [0.25, 0.3) is 0 Å². The SMILES string of the molecule is C/C=C/CC(=O)N1CCC[C@H]1c1ccc(C(=O)NCCN2CCNC2=O)s1. The Bertz CT molecular complexity index is 730. The molecular weight excluding hydrogens is 364 g/mol. The molecule has 27 heavy (non-hydrogen) atoms. The zero-order chi connectivity index (χ0) is 19.2. The molecule has 8 heteroatoms. The molecule has 3 heterocycles. The van der Waals surface area contributed by atoms with E-state index in [2.05, 4.69) is 10.6 Å². The Morgan fingerprint density at radius 2 is 2.22 bits per heavy atom. The van der Waals surface area contributed by atoms with E-state index in [0.29, 0.717) is 37.5 Å². The summed E-state index contributed by atoms with van der Waals surface area (Å²) in [6.07, 6.45) is 6.13. The van der Waals surface area contributed by atoms with Gasteiger partial charge < -0.3 is 20.4 Å². The van der Waals surface area contributed by atoms with Crippen LogP contribution in [0.3, 0.4) is 0 Å². The maximum Gasteiger partial charge on any atom is 0.317 e. The van der Waals surface area contributed by atoms with Crippen LogP contribution in [0.5, 0.6) is 0 Å². The lowest BCUT2D eigenvalue weighted by atomic mass is 10.2. The van der Waals surface area contributed by atoms with Crippen molar-refractivity contribution >= 4 is 29.2 Å². The van der Waals surface area contributed by atoms with Gasteiger partial charge in [-0.3, -0.25) is 9.59 Å². The average Bonchev–Trinajstić information content (AvgIpc) is 3.40. The second-order valence-electron chi connectivity index (χ2n) is 6.70. The third-order valence-electron chi connectivity index (χ3n) is 4.89. The molecular formula is C19H26N4O3S. The number of nitrogens with zero attached hydrogens (tertiary/aromatic N) is 2. The fourth-order valence-electron chi connectivity index (χ4n) is 3.47. The Labute approximate surface area is 163 Å². The minimum absolute atomic E-state index is 0.0719. The Balaban J connectivity index is 1.54. The highest BCUT2D eigenvalue weighted by Crippen LogP contribution is 2.36. The number of allylic oxidation sites excluding steroid dienone is 1. The summed E-state index contributed by atoms with van der Waals surface area (Å²) in [6.45, 7) is 4.96. The molecule has 2 N–H and O–H groups in total. The molecule has 1 atom stereocenters. The van der Waals surface area contributed by atoms with Gasteiger partial charge in [0.2, 0.25) is 5.91 Å². The quantitative estimate of drug-likeness (QED) is 0.700. The van der Waals surface area contributed by atoms with Crippen molar-refractivity contribution in [3.8, 4) is 0 Å². The molecule has 7 nitrogen and oxygen atoms in total. The Hall–Kier alpha value is -2.35. The van der Waals surface area contributed by atoms with Crippen LogP contribution in [-0.2, 0) is 4.79 Å². The van der Waals surface area contributed by atoms with Crippen LogP contribution in [0.15, 0.2) is 24.3 Å². The minimum atomic E-state index is -0.129. The average molecular weight is 391 g/mol. The highest BCUT2D eigenvalue weighted by atomic mass is 32.1. The summed E-state index contributed by atoms with van der Waals surface area (Å²) in [4.78, 5) is 41.6. The van der Waals surface area contributed by atoms with Gasteiger partial charge in [0.25, 0.3) is 5.91 Å². The number of urea groups is 1. The molecule has 1 aromatic rings. The molecule has 0 bridgehead atoms. The Kier molecular flexibility index (Phi) is 6.49. The van der Waals surface area contributed by atoms with E-state index >= 15 is 0 Å². The second-order valence-corrected chi connectivity index (χ2v) is 7.81. The molecule has 0 saturated carbocycles. The second kappa shape index (κ2) is 9.03. The van der Waals surface area contributed by atoms with E-state index in [0.717, 1.165) is 24.3 Å². The predicted molar refractivity (Wildman–Crippen MR) is 105 cm³/mol. The first-order chi connectivity index (χ1) is 13.1. The summed E-state index contributed by atoms with van der Waals surface area (Å²) in [5.41, 5.74) is 0. The molecule has 0 aromatic carbocycles. The van der Waals surface area contributed by atoms with Crippen molar-refractivity contribution in [1.29, 1.82) is 0 Å². The smallest absolute Gasteiger partial charge is 0.317 e. The van der Waals surface area contributed by atoms with Crippen molar-refractivity contribution < 1.29 is 14.4 Å². The molecule has 0 aliphatic carbocycles. The highest BCUT2D eigenvalue weighted by molar-refractivity contribution is 7.14. The molecule has 0 radical (unpaired) electrons. The predicted octanol–water partition coefficient (Wildman–Crippen LogP) is 2.13. The number of hydrogen-bond acceptors (Lipinski definition) is 4. The van der Waals surface area contributed by atoms with Gasteiger partial charge in [-0.05, 0) is 31.9 Å². The van der Waals surface area contributed by atoms with Gasteiger partial charge in [-0.2, -0.15) is 0 Å². The molecule has 1 aromatic heterocycles. The van der Waals surface area contributed by atoms with Crippen LogP contribution >= 0.6 is 11.3 Å². The Morgan fingerprint density at radius 1 is 1.37 bits per heavy atom. The highest BCUT2D eigenvalue weighted by Gasteiger charge is 2.30. The first-order valence-corrected chi connectivity index (χ1v) is 10.2. The third-order valence-corrected chi connectivity index (χ3v) is 6.08. The summed E-state index contributed by atoms with van der Waals surface area (Å²) in [7, 11) is 0. The van der Waals surface area contributed by atoms with Crippen molar-refractivity contribution in [2.24, 2.45) is 0 Å². The summed E-state index contributed by atoms with van der Waals surface area (Å²) < 4.78 is 0. The monoisotopic (exact) mass is 390 g/mol. The van der Waals surface area contributed by atoms with Crippen LogP contribution in [0.2, 0.25) is 0 Å². The van der Waals surface area contributed by atoms with Gasteiger partial charge in [-0.1, -0.05) is 12.2 Å². The van der Waals surface area contributed by atoms with Crippen molar-refractivity contribution in [2.45, 2.75) is 32.2 Å². The lowest BCUT2D eigenvalue weighted by Crippen LogP contribution is -2.36. The van der Waals surface area contributed by atoms with Gasteiger partial charge in [-0.15, -0.1) is 11.3 Å². The number of thiophene rings is 1. The molecule has 2 aliphatic rings. The molecule has 2 aliphatic heterocycles. The van der Waals surface area contributed by atoms with Crippen molar-refractivity contribution in [2.75, 3.05) is 32.7 Å². The van der Waals surface area contributed by atoms with Crippen molar-refractivity contribution in [3.05, 3.63) is 34.0 Å². The van der Waals surface area contributed by atoms with Gasteiger partial charge in [0.1, 0.15) is 0 Å². The van der Waals surface area contributed by atoms with Crippen LogP contribution in [0.1, 0.15) is 46.8 Å². The number of hydrogen-bond donors (Lipinski definition) is 2. The number of amides is 4. The summed E-state index contributed by atoms with van der Waals surface area (Å²) in [5, 5.41) is 5.61. The van der Waals surface area contributed by atoms with Gasteiger partial charge in [0.05, 0.1) is 10.9 Å². The topological polar surface area (TPSA) is 81.8 Å². The first kappa shape index (κ1) is 19.4.